The highest BCUT2D eigenvalue weighted by Gasteiger charge is 2.09. The van der Waals surface area contributed by atoms with E-state index in [0.29, 0.717) is 32.1 Å². The lowest BCUT2D eigenvalue weighted by molar-refractivity contribution is -0.113. The van der Waals surface area contributed by atoms with Gasteiger partial charge in [0, 0.05) is 32.1 Å². The SMILES string of the molecule is O=C(CSCc1c(F)cccc1Cl)Nc1cc(Cl)cc(Cl)c1. The van der Waals surface area contributed by atoms with E-state index in [1.54, 1.807) is 30.3 Å². The van der Waals surface area contributed by atoms with Crippen molar-refractivity contribution < 1.29 is 9.18 Å². The summed E-state index contributed by atoms with van der Waals surface area (Å²) in [4.78, 5) is 11.9. The average molecular weight is 379 g/mol. The Morgan fingerprint density at radius 1 is 1.14 bits per heavy atom. The van der Waals surface area contributed by atoms with E-state index < -0.39 is 0 Å². The van der Waals surface area contributed by atoms with Crippen LogP contribution in [-0.2, 0) is 10.5 Å². The van der Waals surface area contributed by atoms with Gasteiger partial charge >= 0.3 is 0 Å². The number of rotatable bonds is 5. The number of hydrogen-bond donors (Lipinski definition) is 1. The molecule has 0 aliphatic carbocycles. The third kappa shape index (κ3) is 5.06. The molecule has 0 heterocycles. The number of hydrogen-bond acceptors (Lipinski definition) is 2. The van der Waals surface area contributed by atoms with Crippen molar-refractivity contribution in [3.8, 4) is 0 Å². The standard InChI is InChI=1S/C15H11Cl3FNOS/c16-9-4-10(17)6-11(5-9)20-15(21)8-22-7-12-13(18)2-1-3-14(12)19/h1-6H,7-8H2,(H,20,21). The molecule has 2 aromatic rings. The van der Waals surface area contributed by atoms with Crippen molar-refractivity contribution in [2.45, 2.75) is 5.75 Å². The Labute approximate surface area is 146 Å². The van der Waals surface area contributed by atoms with Gasteiger partial charge in [-0.3, -0.25) is 4.79 Å². The number of nitrogens with one attached hydrogen (secondary N) is 1. The van der Waals surface area contributed by atoms with Gasteiger partial charge in [0.05, 0.1) is 5.75 Å². The first-order valence-electron chi connectivity index (χ1n) is 6.22. The number of amides is 1. The van der Waals surface area contributed by atoms with Gasteiger partial charge in [-0.25, -0.2) is 4.39 Å². The smallest absolute Gasteiger partial charge is 0.234 e. The first-order valence-corrected chi connectivity index (χ1v) is 8.51. The maximum absolute atomic E-state index is 13.6. The minimum atomic E-state index is -0.373. The Kier molecular flexibility index (Phi) is 6.38. The van der Waals surface area contributed by atoms with Crippen LogP contribution in [0.1, 0.15) is 5.56 Å². The minimum Gasteiger partial charge on any atom is -0.325 e. The lowest BCUT2D eigenvalue weighted by Crippen LogP contribution is -2.14. The van der Waals surface area contributed by atoms with Crippen molar-refractivity contribution in [2.75, 3.05) is 11.1 Å². The summed E-state index contributed by atoms with van der Waals surface area (Å²) in [5.41, 5.74) is 0.916. The van der Waals surface area contributed by atoms with Crippen LogP contribution in [0.3, 0.4) is 0 Å². The van der Waals surface area contributed by atoms with Crippen LogP contribution in [0.15, 0.2) is 36.4 Å². The first kappa shape index (κ1) is 17.4. The van der Waals surface area contributed by atoms with E-state index in [1.165, 1.54) is 17.8 Å². The molecule has 0 atom stereocenters. The van der Waals surface area contributed by atoms with Gasteiger partial charge in [0.15, 0.2) is 0 Å². The van der Waals surface area contributed by atoms with Gasteiger partial charge < -0.3 is 5.32 Å². The third-order valence-electron chi connectivity index (χ3n) is 2.69. The van der Waals surface area contributed by atoms with Gasteiger partial charge in [0.25, 0.3) is 0 Å². The van der Waals surface area contributed by atoms with Gasteiger partial charge in [-0.1, -0.05) is 40.9 Å². The lowest BCUT2D eigenvalue weighted by Gasteiger charge is -2.08. The molecule has 2 nitrogen and oxygen atoms in total. The normalized spacial score (nSPS) is 10.5. The third-order valence-corrected chi connectivity index (χ3v) is 4.44. The number of halogens is 4. The van der Waals surface area contributed by atoms with Crippen LogP contribution in [-0.4, -0.2) is 11.7 Å². The summed E-state index contributed by atoms with van der Waals surface area (Å²) < 4.78 is 13.6. The Morgan fingerprint density at radius 2 is 1.82 bits per heavy atom. The summed E-state index contributed by atoms with van der Waals surface area (Å²) in [6.07, 6.45) is 0. The van der Waals surface area contributed by atoms with Crippen LogP contribution in [0.5, 0.6) is 0 Å². The number of thioether (sulfide) groups is 1. The second-order valence-electron chi connectivity index (χ2n) is 4.40. The van der Waals surface area contributed by atoms with E-state index in [9.17, 15) is 9.18 Å². The fourth-order valence-corrected chi connectivity index (χ4v) is 3.43. The largest absolute Gasteiger partial charge is 0.325 e. The monoisotopic (exact) mass is 377 g/mol. The molecule has 2 rings (SSSR count). The Morgan fingerprint density at radius 3 is 2.45 bits per heavy atom. The molecule has 1 N–H and O–H groups in total. The zero-order chi connectivity index (χ0) is 16.1. The lowest BCUT2D eigenvalue weighted by atomic mass is 10.2. The van der Waals surface area contributed by atoms with E-state index in [0.717, 1.165) is 0 Å². The van der Waals surface area contributed by atoms with E-state index in [-0.39, 0.29) is 17.5 Å². The highest BCUT2D eigenvalue weighted by Crippen LogP contribution is 2.25. The van der Waals surface area contributed by atoms with Crippen molar-refractivity contribution in [1.82, 2.24) is 0 Å². The molecule has 0 bridgehead atoms. The Hall–Kier alpha value is -0.940. The molecule has 116 valence electrons. The number of carbonyl (C=O) groups excluding carboxylic acids is 1. The summed E-state index contributed by atoms with van der Waals surface area (Å²) >= 11 is 18.9. The maximum atomic E-state index is 13.6. The number of carbonyl (C=O) groups is 1. The van der Waals surface area contributed by atoms with Gasteiger partial charge in [-0.2, -0.15) is 0 Å². The Bertz CT molecular complexity index is 656. The first-order chi connectivity index (χ1) is 10.5. The second-order valence-corrected chi connectivity index (χ2v) is 6.66. The molecule has 0 saturated carbocycles. The molecule has 0 aromatic heterocycles. The van der Waals surface area contributed by atoms with Crippen molar-refractivity contribution in [3.63, 3.8) is 0 Å². The predicted molar refractivity (Wildman–Crippen MR) is 92.7 cm³/mol. The van der Waals surface area contributed by atoms with Gasteiger partial charge in [0.1, 0.15) is 5.82 Å². The predicted octanol–water partition coefficient (Wildman–Crippen LogP) is 5.66. The molecule has 0 aliphatic rings. The fraction of sp³-hybridized carbons (Fsp3) is 0.133. The van der Waals surface area contributed by atoms with Crippen molar-refractivity contribution in [1.29, 1.82) is 0 Å². The summed E-state index contributed by atoms with van der Waals surface area (Å²) in [6.45, 7) is 0. The molecule has 1 amide bonds. The molecule has 0 spiro atoms. The Balaban J connectivity index is 1.88. The van der Waals surface area contributed by atoms with Gasteiger partial charge in [0.2, 0.25) is 5.91 Å². The van der Waals surface area contributed by atoms with E-state index in [4.69, 9.17) is 34.8 Å². The van der Waals surface area contributed by atoms with E-state index in [1.807, 2.05) is 0 Å². The quantitative estimate of drug-likeness (QED) is 0.727. The van der Waals surface area contributed by atoms with E-state index in [2.05, 4.69) is 5.32 Å². The molecule has 0 aliphatic heterocycles. The number of anilines is 1. The van der Waals surface area contributed by atoms with Crippen LogP contribution in [0.2, 0.25) is 15.1 Å². The average Bonchev–Trinajstić information content (AvgIpc) is 2.41. The van der Waals surface area contributed by atoms with E-state index >= 15 is 0 Å². The molecular weight excluding hydrogens is 368 g/mol. The zero-order valence-corrected chi connectivity index (χ0v) is 14.3. The molecule has 22 heavy (non-hydrogen) atoms. The summed E-state index contributed by atoms with van der Waals surface area (Å²) in [5, 5.41) is 3.92. The molecule has 7 heteroatoms. The molecule has 2 aromatic carbocycles. The molecule has 0 unspecified atom stereocenters. The fourth-order valence-electron chi connectivity index (χ4n) is 1.74. The van der Waals surface area contributed by atoms with Gasteiger partial charge in [-0.15, -0.1) is 11.8 Å². The zero-order valence-electron chi connectivity index (χ0n) is 11.2. The van der Waals surface area contributed by atoms with Crippen molar-refractivity contribution in [2.24, 2.45) is 0 Å². The van der Waals surface area contributed by atoms with Crippen molar-refractivity contribution >= 4 is 58.2 Å². The second kappa shape index (κ2) is 8.06. The highest BCUT2D eigenvalue weighted by molar-refractivity contribution is 7.99. The summed E-state index contributed by atoms with van der Waals surface area (Å²) in [7, 11) is 0. The molecule has 0 saturated heterocycles. The van der Waals surface area contributed by atoms with Gasteiger partial charge in [-0.05, 0) is 30.3 Å². The van der Waals surface area contributed by atoms with Crippen LogP contribution < -0.4 is 5.32 Å². The summed E-state index contributed by atoms with van der Waals surface area (Å²) in [5.74, 6) is -0.123. The topological polar surface area (TPSA) is 29.1 Å². The molecular formula is C15H11Cl3FNOS. The van der Waals surface area contributed by atoms with Crippen LogP contribution in [0.25, 0.3) is 0 Å². The molecule has 0 radical (unpaired) electrons. The highest BCUT2D eigenvalue weighted by atomic mass is 35.5. The number of benzene rings is 2. The maximum Gasteiger partial charge on any atom is 0.234 e. The van der Waals surface area contributed by atoms with Crippen LogP contribution in [0, 0.1) is 5.82 Å². The minimum absolute atomic E-state index is 0.162. The van der Waals surface area contributed by atoms with Crippen molar-refractivity contribution in [3.05, 3.63) is 62.8 Å². The molecule has 0 fully saturated rings. The van der Waals surface area contributed by atoms with Crippen LogP contribution in [0.4, 0.5) is 10.1 Å². The summed E-state index contributed by atoms with van der Waals surface area (Å²) in [6, 6.07) is 9.28. The van der Waals surface area contributed by atoms with Crippen LogP contribution >= 0.6 is 46.6 Å².